The highest BCUT2D eigenvalue weighted by Gasteiger charge is 2.46. The summed E-state index contributed by atoms with van der Waals surface area (Å²) in [6, 6.07) is 2.35. The molecule has 0 spiro atoms. The summed E-state index contributed by atoms with van der Waals surface area (Å²) in [5.74, 6) is -0.265. The molecule has 2 aliphatic carbocycles. The van der Waals surface area contributed by atoms with E-state index >= 15 is 8.78 Å². The minimum Gasteiger partial charge on any atom is -0.463 e. The van der Waals surface area contributed by atoms with Crippen LogP contribution in [0, 0.1) is 28.6 Å². The third kappa shape index (κ3) is 6.76. The lowest BCUT2D eigenvalue weighted by atomic mass is 9.82. The van der Waals surface area contributed by atoms with Crippen molar-refractivity contribution in [3.8, 4) is 12.1 Å². The summed E-state index contributed by atoms with van der Waals surface area (Å²) in [7, 11) is 0. The Morgan fingerprint density at radius 3 is 2.78 bits per heavy atom. The number of alkyl halides is 2. The number of allylic oxidation sites excluding steroid dienone is 4. The molecule has 0 amide bonds. The number of hydrogen-bond acceptors (Lipinski definition) is 10. The number of nitriles is 1. The van der Waals surface area contributed by atoms with Crippen LogP contribution in [0.3, 0.4) is 0 Å². The quantitative estimate of drug-likeness (QED) is 0.285. The van der Waals surface area contributed by atoms with Crippen molar-refractivity contribution < 1.29 is 22.6 Å². The van der Waals surface area contributed by atoms with E-state index in [2.05, 4.69) is 47.0 Å². The molecule has 1 saturated carbocycles. The SMILES string of the molecule is CCC1CN(c2nc(OCC3(CC4CC[C@@H](C)O[C@H](C)C4)CC3)nc3c(C(F)F)c(C4=CC=C(F)C5SC(N)=C(C#N)C45)ncc23)CCN1. The predicted octanol–water partition coefficient (Wildman–Crippen LogP) is 6.97. The number of halogens is 3. The van der Waals surface area contributed by atoms with E-state index in [0.29, 0.717) is 42.4 Å². The zero-order valence-electron chi connectivity index (χ0n) is 28.2. The standard InChI is InChI=1S/C36H44F3N7O2S/c1-4-22-17-46(12-11-42-22)34-25-16-43-29(23-7-8-26(37)31-27(23)24(15-40)33(41)49-31)28(32(38)39)30(25)44-35(45-34)47-18-36(9-10-36)14-21-6-5-19(2)48-20(3)13-21/h7-8,16,19-22,27,31-32,42H,4-6,9-14,17-18,41H2,1-3H3/t19-,20-,21?,22?,27?,31?/m1/s1. The van der Waals surface area contributed by atoms with Gasteiger partial charge in [0, 0.05) is 43.2 Å². The number of aromatic nitrogens is 3. The van der Waals surface area contributed by atoms with E-state index in [1.165, 1.54) is 18.3 Å². The molecule has 4 unspecified atom stereocenters. The number of anilines is 1. The number of pyridine rings is 1. The maximum Gasteiger partial charge on any atom is 0.318 e. The van der Waals surface area contributed by atoms with Crippen molar-refractivity contribution in [2.45, 2.75) is 95.6 Å². The van der Waals surface area contributed by atoms with E-state index in [-0.39, 0.29) is 57.1 Å². The van der Waals surface area contributed by atoms with E-state index in [9.17, 15) is 9.65 Å². The topological polar surface area (TPSA) is 122 Å². The van der Waals surface area contributed by atoms with Crippen molar-refractivity contribution in [3.63, 3.8) is 0 Å². The van der Waals surface area contributed by atoms with Crippen LogP contribution in [0.5, 0.6) is 6.01 Å². The van der Waals surface area contributed by atoms with Crippen molar-refractivity contribution in [2.24, 2.45) is 23.0 Å². The normalized spacial score (nSPS) is 29.7. The third-order valence-corrected chi connectivity index (χ3v) is 12.1. The molecule has 5 heterocycles. The lowest BCUT2D eigenvalue weighted by Gasteiger charge is -2.35. The van der Waals surface area contributed by atoms with Gasteiger partial charge in [-0.25, -0.2) is 13.2 Å². The molecule has 3 N–H and O–H groups in total. The van der Waals surface area contributed by atoms with Gasteiger partial charge in [0.05, 0.1) is 62.9 Å². The molecule has 2 aromatic rings. The fourth-order valence-corrected chi connectivity index (χ4v) is 9.29. The Balaban J connectivity index is 1.28. The number of rotatable bonds is 9. The van der Waals surface area contributed by atoms with Crippen molar-refractivity contribution in [1.29, 1.82) is 5.26 Å². The van der Waals surface area contributed by atoms with Crippen LogP contribution in [-0.2, 0) is 4.74 Å². The number of nitrogens with zero attached hydrogens (tertiary/aromatic N) is 5. The second-order valence-corrected chi connectivity index (χ2v) is 15.6. The summed E-state index contributed by atoms with van der Waals surface area (Å²) in [5.41, 5.74) is 6.23. The van der Waals surface area contributed by atoms with Crippen molar-refractivity contribution in [1.82, 2.24) is 20.3 Å². The zero-order chi connectivity index (χ0) is 34.4. The lowest BCUT2D eigenvalue weighted by molar-refractivity contribution is 0.00988. The van der Waals surface area contributed by atoms with Crippen LogP contribution in [-0.4, -0.2) is 64.7 Å². The van der Waals surface area contributed by atoms with Gasteiger partial charge in [0.1, 0.15) is 11.6 Å². The highest BCUT2D eigenvalue weighted by molar-refractivity contribution is 8.04. The van der Waals surface area contributed by atoms with Crippen LogP contribution < -0.4 is 20.7 Å². The van der Waals surface area contributed by atoms with Crippen molar-refractivity contribution in [3.05, 3.63) is 46.0 Å². The van der Waals surface area contributed by atoms with Crippen molar-refractivity contribution >= 4 is 34.1 Å². The van der Waals surface area contributed by atoms with Crippen LogP contribution in [0.4, 0.5) is 19.0 Å². The first kappa shape index (κ1) is 34.1. The van der Waals surface area contributed by atoms with Crippen LogP contribution in [0.2, 0.25) is 0 Å². The average molecular weight is 696 g/mol. The zero-order valence-corrected chi connectivity index (χ0v) is 29.0. The molecule has 262 valence electrons. The molecule has 3 aliphatic heterocycles. The van der Waals surface area contributed by atoms with Gasteiger partial charge in [-0.2, -0.15) is 15.2 Å². The minimum atomic E-state index is -2.97. The van der Waals surface area contributed by atoms with Crippen LogP contribution >= 0.6 is 11.8 Å². The van der Waals surface area contributed by atoms with Gasteiger partial charge in [0.25, 0.3) is 6.43 Å². The van der Waals surface area contributed by atoms with Gasteiger partial charge in [-0.05, 0) is 76.4 Å². The van der Waals surface area contributed by atoms with Gasteiger partial charge in [-0.3, -0.25) is 4.98 Å². The Morgan fingerprint density at radius 1 is 1.22 bits per heavy atom. The molecule has 13 heteroatoms. The Kier molecular flexibility index (Phi) is 9.58. The van der Waals surface area contributed by atoms with Gasteiger partial charge < -0.3 is 25.4 Å². The number of hydrogen-bond donors (Lipinski definition) is 2. The minimum absolute atomic E-state index is 0.00613. The summed E-state index contributed by atoms with van der Waals surface area (Å²) < 4.78 is 58.1. The third-order valence-electron chi connectivity index (χ3n) is 10.9. The first-order chi connectivity index (χ1) is 23.6. The second kappa shape index (κ2) is 13.8. The molecule has 49 heavy (non-hydrogen) atoms. The molecule has 2 aromatic heterocycles. The maximum atomic E-state index is 15.4. The van der Waals surface area contributed by atoms with E-state index in [1.54, 1.807) is 0 Å². The number of piperazine rings is 1. The highest BCUT2D eigenvalue weighted by atomic mass is 32.2. The number of thioether (sulfide) groups is 1. The highest BCUT2D eigenvalue weighted by Crippen LogP contribution is 2.54. The van der Waals surface area contributed by atoms with Gasteiger partial charge in [-0.1, -0.05) is 24.8 Å². The predicted molar refractivity (Wildman–Crippen MR) is 185 cm³/mol. The molecule has 7 rings (SSSR count). The molecule has 3 fully saturated rings. The largest absolute Gasteiger partial charge is 0.463 e. The van der Waals surface area contributed by atoms with E-state index in [4.69, 9.17) is 20.2 Å². The van der Waals surface area contributed by atoms with Gasteiger partial charge in [-0.15, -0.1) is 0 Å². The Morgan fingerprint density at radius 2 is 2.04 bits per heavy atom. The summed E-state index contributed by atoms with van der Waals surface area (Å²) in [4.78, 5) is 16.2. The van der Waals surface area contributed by atoms with Gasteiger partial charge >= 0.3 is 6.01 Å². The number of nitrogens with two attached hydrogens (primary N) is 1. The first-order valence-corrected chi connectivity index (χ1v) is 18.4. The lowest BCUT2D eigenvalue weighted by Crippen LogP contribution is -2.50. The van der Waals surface area contributed by atoms with Crippen molar-refractivity contribution in [2.75, 3.05) is 31.1 Å². The van der Waals surface area contributed by atoms with Gasteiger partial charge in [0.15, 0.2) is 0 Å². The molecule has 2 saturated heterocycles. The molecule has 0 radical (unpaired) electrons. The summed E-state index contributed by atoms with van der Waals surface area (Å²) >= 11 is 1.03. The number of fused-ring (bicyclic) bond motifs is 2. The second-order valence-electron chi connectivity index (χ2n) is 14.4. The molecule has 6 atom stereocenters. The van der Waals surface area contributed by atoms with Gasteiger partial charge in [0.2, 0.25) is 0 Å². The molecule has 9 nitrogen and oxygen atoms in total. The van der Waals surface area contributed by atoms with E-state index < -0.39 is 23.4 Å². The number of nitrogens with one attached hydrogen (secondary N) is 1. The fourth-order valence-electron chi connectivity index (χ4n) is 8.11. The fraction of sp³-hybridized carbons (Fsp3) is 0.611. The van der Waals surface area contributed by atoms with Crippen LogP contribution in [0.25, 0.3) is 16.5 Å². The number of ether oxygens (including phenoxy) is 2. The molecular weight excluding hydrogens is 652 g/mol. The van der Waals surface area contributed by atoms with E-state index in [1.807, 2.05) is 0 Å². The molecule has 0 bridgehead atoms. The monoisotopic (exact) mass is 695 g/mol. The summed E-state index contributed by atoms with van der Waals surface area (Å²) in [6.45, 7) is 8.79. The Bertz CT molecular complexity index is 1740. The maximum absolute atomic E-state index is 15.4. The first-order valence-electron chi connectivity index (χ1n) is 17.5. The summed E-state index contributed by atoms with van der Waals surface area (Å²) in [5, 5.41) is 13.2. The smallest absolute Gasteiger partial charge is 0.318 e. The molecule has 0 aromatic carbocycles. The van der Waals surface area contributed by atoms with Crippen LogP contribution in [0.15, 0.2) is 34.8 Å². The molecular formula is C36H44F3N7O2S. The van der Waals surface area contributed by atoms with E-state index in [0.717, 1.165) is 63.3 Å². The Hall–Kier alpha value is -3.34. The summed E-state index contributed by atoms with van der Waals surface area (Å²) in [6.07, 6.45) is 8.89. The van der Waals surface area contributed by atoms with Crippen LogP contribution in [0.1, 0.15) is 83.4 Å². The Labute approximate surface area is 289 Å². The average Bonchev–Trinajstić information content (AvgIpc) is 3.80. The molecule has 5 aliphatic rings.